The van der Waals surface area contributed by atoms with E-state index >= 15 is 0 Å². The van der Waals surface area contributed by atoms with Crippen molar-refractivity contribution in [1.82, 2.24) is 0 Å². The minimum atomic E-state index is 0.546. The van der Waals surface area contributed by atoms with Crippen LogP contribution < -0.4 is 14.2 Å². The Balaban J connectivity index is 1.54. The molecule has 0 saturated carbocycles. The molecule has 1 aliphatic rings. The molecule has 4 rings (SSSR count). The molecule has 4 nitrogen and oxygen atoms in total. The number of anilines is 1. The Kier molecular flexibility index (Phi) is 6.21. The number of hydrogen-bond acceptors (Lipinski definition) is 5. The molecule has 3 aromatic rings. The fourth-order valence-corrected chi connectivity index (χ4v) is 4.17. The van der Waals surface area contributed by atoms with Crippen LogP contribution in [0.4, 0.5) is 5.69 Å². The van der Waals surface area contributed by atoms with Crippen molar-refractivity contribution in [2.75, 3.05) is 10.8 Å². The zero-order valence-electron chi connectivity index (χ0n) is 18.2. The number of fused-ring (bicyclic) bond motifs is 2. The summed E-state index contributed by atoms with van der Waals surface area (Å²) in [6.45, 7) is 8.40. The predicted molar refractivity (Wildman–Crippen MR) is 134 cm³/mol. The maximum absolute atomic E-state index is 6.04. The van der Waals surface area contributed by atoms with Crippen LogP contribution in [0.5, 0.6) is 5.75 Å². The molecule has 160 valence electrons. The minimum Gasteiger partial charge on any atom is -0.439 e. The van der Waals surface area contributed by atoms with Gasteiger partial charge in [-0.1, -0.05) is 18.2 Å². The highest BCUT2D eigenvalue weighted by Crippen LogP contribution is 2.40. The second-order valence-corrected chi connectivity index (χ2v) is 8.30. The zero-order chi connectivity index (χ0) is 22.1. The van der Waals surface area contributed by atoms with Gasteiger partial charge in [0, 0.05) is 6.07 Å². The summed E-state index contributed by atoms with van der Waals surface area (Å²) in [7, 11) is 0. The summed E-state index contributed by atoms with van der Waals surface area (Å²) in [6, 6.07) is 8.44. The van der Waals surface area contributed by atoms with Gasteiger partial charge in [0.2, 0.25) is 11.5 Å². The van der Waals surface area contributed by atoms with E-state index in [1.54, 1.807) is 0 Å². The third-order valence-corrected chi connectivity index (χ3v) is 6.24. The lowest BCUT2D eigenvalue weighted by Gasteiger charge is -2.15. The molecule has 0 atom stereocenters. The third kappa shape index (κ3) is 4.14. The summed E-state index contributed by atoms with van der Waals surface area (Å²) in [4.78, 5) is 2.05. The Morgan fingerprint density at radius 3 is 2.35 bits per heavy atom. The first-order valence-electron chi connectivity index (χ1n) is 10.2. The predicted octanol–water partition coefficient (Wildman–Crippen LogP) is 6.04. The van der Waals surface area contributed by atoms with Crippen molar-refractivity contribution in [3.63, 3.8) is 0 Å². The van der Waals surface area contributed by atoms with Crippen molar-refractivity contribution >= 4 is 48.1 Å². The summed E-state index contributed by atoms with van der Waals surface area (Å²) in [5.41, 5.74) is 7.88. The number of allylic oxidation sites excluding steroid dienone is 4. The molecular formula is C25H27N2O2S2+. The molecule has 31 heavy (non-hydrogen) atoms. The first-order chi connectivity index (χ1) is 14.9. The number of aryl methyl sites for hydroxylation is 4. The second kappa shape index (κ2) is 8.89. The molecule has 2 aromatic carbocycles. The van der Waals surface area contributed by atoms with Crippen molar-refractivity contribution < 1.29 is 13.7 Å². The fraction of sp³-hybridized carbons (Fsp3) is 0.240. The highest BCUT2D eigenvalue weighted by molar-refractivity contribution is 7.80. The number of benzene rings is 2. The number of rotatable bonds is 5. The molecule has 0 saturated heterocycles. The highest BCUT2D eigenvalue weighted by atomic mass is 32.1. The zero-order valence-corrected chi connectivity index (χ0v) is 20.0. The van der Waals surface area contributed by atoms with Crippen LogP contribution in [0.25, 0.3) is 17.2 Å². The first kappa shape index (κ1) is 21.7. The molecule has 0 spiro atoms. The van der Waals surface area contributed by atoms with Crippen molar-refractivity contribution in [2.45, 2.75) is 33.6 Å². The lowest BCUT2D eigenvalue weighted by molar-refractivity contribution is -0.656. The molecule has 0 unspecified atom stereocenters. The number of oxazole rings is 1. The molecular weight excluding hydrogens is 424 g/mol. The van der Waals surface area contributed by atoms with Gasteiger partial charge in [0.05, 0.1) is 17.6 Å². The smallest absolute Gasteiger partial charge is 0.374 e. The van der Waals surface area contributed by atoms with Gasteiger partial charge < -0.3 is 9.15 Å². The molecule has 0 N–H and O–H groups in total. The van der Waals surface area contributed by atoms with E-state index in [4.69, 9.17) is 9.15 Å². The van der Waals surface area contributed by atoms with E-state index in [0.717, 1.165) is 34.3 Å². The lowest BCUT2D eigenvalue weighted by atomic mass is 10.1. The molecule has 0 bridgehead atoms. The summed E-state index contributed by atoms with van der Waals surface area (Å²) in [5, 5.41) is 0. The number of ether oxygens (including phenoxy) is 1. The van der Waals surface area contributed by atoms with Crippen LogP contribution in [0.1, 0.15) is 28.1 Å². The van der Waals surface area contributed by atoms with Gasteiger partial charge >= 0.3 is 5.89 Å². The average Bonchev–Trinajstić information content (AvgIpc) is 3.24. The van der Waals surface area contributed by atoms with E-state index in [1.807, 2.05) is 30.4 Å². The van der Waals surface area contributed by atoms with Crippen LogP contribution in [-0.4, -0.2) is 5.88 Å². The van der Waals surface area contributed by atoms with Crippen molar-refractivity contribution in [1.29, 1.82) is 0 Å². The van der Waals surface area contributed by atoms with Crippen LogP contribution in [0, 0.1) is 27.7 Å². The van der Waals surface area contributed by atoms with Crippen LogP contribution in [0.3, 0.4) is 0 Å². The maximum atomic E-state index is 6.04. The Bertz CT molecular complexity index is 1240. The van der Waals surface area contributed by atoms with Crippen LogP contribution in [-0.2, 0) is 5.88 Å². The van der Waals surface area contributed by atoms with Crippen molar-refractivity contribution in [3.05, 3.63) is 82.6 Å². The number of hydrogen-bond donors (Lipinski definition) is 2. The third-order valence-electron chi connectivity index (χ3n) is 5.68. The van der Waals surface area contributed by atoms with Gasteiger partial charge in [0.1, 0.15) is 0 Å². The van der Waals surface area contributed by atoms with Crippen molar-refractivity contribution in [2.24, 2.45) is 0 Å². The number of aromatic nitrogens is 1. The van der Waals surface area contributed by atoms with E-state index in [1.165, 1.54) is 22.3 Å². The van der Waals surface area contributed by atoms with E-state index in [-0.39, 0.29) is 0 Å². The average molecular weight is 452 g/mol. The largest absolute Gasteiger partial charge is 0.439 e. The lowest BCUT2D eigenvalue weighted by Crippen LogP contribution is -2.32. The molecule has 0 amide bonds. The van der Waals surface area contributed by atoms with E-state index in [2.05, 4.69) is 86.7 Å². The van der Waals surface area contributed by atoms with Crippen LogP contribution in [0.2, 0.25) is 0 Å². The van der Waals surface area contributed by atoms with Gasteiger partial charge in [-0.3, -0.25) is 4.90 Å². The molecule has 0 aliphatic carbocycles. The highest BCUT2D eigenvalue weighted by Gasteiger charge is 2.25. The number of nitrogens with zero attached hydrogens (tertiary/aromatic N) is 2. The van der Waals surface area contributed by atoms with Gasteiger partial charge in [-0.25, -0.2) is 0 Å². The van der Waals surface area contributed by atoms with E-state index in [9.17, 15) is 0 Å². The van der Waals surface area contributed by atoms with E-state index < -0.39 is 0 Å². The SMILES string of the molecule is Cc1cc2c(cc1C)N(CS)C(=CC=CC=Cc1oc3cc(C)c(C)cc3[n+]1CS)O2. The molecule has 1 aliphatic heterocycles. The topological polar surface area (TPSA) is 29.5 Å². The van der Waals surface area contributed by atoms with E-state index in [0.29, 0.717) is 11.8 Å². The Morgan fingerprint density at radius 1 is 0.903 bits per heavy atom. The minimum absolute atomic E-state index is 0.546. The molecule has 0 fully saturated rings. The normalized spacial score (nSPS) is 15.0. The quantitative estimate of drug-likeness (QED) is 0.282. The Hall–Kier alpha value is -2.57. The summed E-state index contributed by atoms with van der Waals surface area (Å²) >= 11 is 8.95. The Morgan fingerprint density at radius 2 is 1.61 bits per heavy atom. The van der Waals surface area contributed by atoms with Crippen molar-refractivity contribution in [3.8, 4) is 5.75 Å². The molecule has 2 heterocycles. The Labute approximate surface area is 194 Å². The standard InChI is InChI=1S/C25H26N2O2S2/c1-16-10-20-22(12-18(16)3)28-24(26(20)14-30)8-6-5-7-9-25-27(15-31)21-11-17(2)19(4)13-23(21)29-25/h5-13H,14-15H2,1-4H3,(H-,30,31)/p+1. The summed E-state index contributed by atoms with van der Waals surface area (Å²) in [6.07, 6.45) is 9.76. The van der Waals surface area contributed by atoms with Gasteiger partial charge in [-0.2, -0.15) is 12.6 Å². The van der Waals surface area contributed by atoms with Crippen LogP contribution >= 0.6 is 25.3 Å². The summed E-state index contributed by atoms with van der Waals surface area (Å²) < 4.78 is 14.1. The molecule has 6 heteroatoms. The van der Waals surface area contributed by atoms with Gasteiger partial charge in [0.15, 0.2) is 11.6 Å². The molecule has 1 aromatic heterocycles. The second-order valence-electron chi connectivity index (χ2n) is 7.74. The first-order valence-corrected chi connectivity index (χ1v) is 11.5. The summed E-state index contributed by atoms with van der Waals surface area (Å²) in [5.74, 6) is 3.49. The fourth-order valence-electron chi connectivity index (χ4n) is 3.59. The van der Waals surface area contributed by atoms with Gasteiger partial charge in [-0.15, -0.1) is 17.2 Å². The molecule has 0 radical (unpaired) electrons. The van der Waals surface area contributed by atoms with Gasteiger partial charge in [0.25, 0.3) is 5.52 Å². The van der Waals surface area contributed by atoms with Gasteiger partial charge in [-0.05, 0) is 74.2 Å². The maximum Gasteiger partial charge on any atom is 0.374 e. The number of thiol groups is 2. The monoisotopic (exact) mass is 451 g/mol. The van der Waals surface area contributed by atoms with Crippen LogP contribution in [0.15, 0.2) is 58.9 Å².